The average Bonchev–Trinajstić information content (AvgIpc) is 3.52. The first-order valence-corrected chi connectivity index (χ1v) is 13.2. The number of hydrazone groups is 1. The molecule has 2 fully saturated rings. The van der Waals surface area contributed by atoms with Gasteiger partial charge in [-0.2, -0.15) is 15.1 Å². The van der Waals surface area contributed by atoms with E-state index in [-0.39, 0.29) is 0 Å². The van der Waals surface area contributed by atoms with Gasteiger partial charge in [-0.15, -0.1) is 0 Å². The van der Waals surface area contributed by atoms with Crippen LogP contribution in [0.2, 0.25) is 5.02 Å². The number of anilines is 3. The molecular weight excluding hydrogens is 490 g/mol. The van der Waals surface area contributed by atoms with Gasteiger partial charge in [0.25, 0.3) is 0 Å². The SMILES string of the molecule is CN1CCN(c2nc(NCc3cc(-c4ccccc4)no3)nc(NC3(C)CC(C4CC4)=NN3)c2Cl)CC1. The van der Waals surface area contributed by atoms with Crippen molar-refractivity contribution in [1.29, 1.82) is 0 Å². The predicted molar refractivity (Wildman–Crippen MR) is 146 cm³/mol. The summed E-state index contributed by atoms with van der Waals surface area (Å²) in [5, 5.41) is 16.2. The number of rotatable bonds is 8. The maximum Gasteiger partial charge on any atom is 0.227 e. The summed E-state index contributed by atoms with van der Waals surface area (Å²) < 4.78 is 5.57. The zero-order valence-electron chi connectivity index (χ0n) is 21.2. The third kappa shape index (κ3) is 5.35. The minimum atomic E-state index is -0.456. The lowest BCUT2D eigenvalue weighted by molar-refractivity contribution is 0.312. The lowest BCUT2D eigenvalue weighted by Crippen LogP contribution is -2.46. The van der Waals surface area contributed by atoms with Crippen molar-refractivity contribution in [2.75, 3.05) is 48.8 Å². The molecule has 3 aliphatic rings. The highest BCUT2D eigenvalue weighted by Gasteiger charge is 2.39. The van der Waals surface area contributed by atoms with Gasteiger partial charge in [-0.1, -0.05) is 47.1 Å². The van der Waals surface area contributed by atoms with Crippen LogP contribution >= 0.6 is 11.6 Å². The number of halogens is 1. The lowest BCUT2D eigenvalue weighted by atomic mass is 10.0. The molecule has 0 spiro atoms. The number of piperazine rings is 1. The molecule has 11 heteroatoms. The van der Waals surface area contributed by atoms with E-state index in [2.05, 4.69) is 50.1 Å². The molecule has 10 nitrogen and oxygen atoms in total. The van der Waals surface area contributed by atoms with Crippen molar-refractivity contribution in [3.63, 3.8) is 0 Å². The molecule has 1 atom stereocenters. The van der Waals surface area contributed by atoms with Crippen molar-refractivity contribution in [2.24, 2.45) is 11.0 Å². The quantitative estimate of drug-likeness (QED) is 0.405. The summed E-state index contributed by atoms with van der Waals surface area (Å²) in [6, 6.07) is 11.9. The molecule has 0 bridgehead atoms. The predicted octanol–water partition coefficient (Wildman–Crippen LogP) is 4.04. The minimum Gasteiger partial charge on any atom is -0.359 e. The van der Waals surface area contributed by atoms with E-state index in [1.165, 1.54) is 18.6 Å². The highest BCUT2D eigenvalue weighted by Crippen LogP contribution is 2.38. The fourth-order valence-electron chi connectivity index (χ4n) is 4.75. The zero-order valence-corrected chi connectivity index (χ0v) is 21.9. The molecule has 1 saturated carbocycles. The normalized spacial score (nSPS) is 22.0. The van der Waals surface area contributed by atoms with Gasteiger partial charge in [0.05, 0.1) is 6.54 Å². The Bertz CT molecular complexity index is 1280. The number of benzene rings is 1. The van der Waals surface area contributed by atoms with E-state index in [9.17, 15) is 0 Å². The van der Waals surface area contributed by atoms with E-state index in [4.69, 9.17) is 26.1 Å². The summed E-state index contributed by atoms with van der Waals surface area (Å²) in [6.07, 6.45) is 3.26. The summed E-state index contributed by atoms with van der Waals surface area (Å²) in [6.45, 7) is 6.08. The third-order valence-corrected chi connectivity index (χ3v) is 7.46. The average molecular weight is 522 g/mol. The topological polar surface area (TPSA) is 107 Å². The Morgan fingerprint density at radius 3 is 2.68 bits per heavy atom. The van der Waals surface area contributed by atoms with E-state index in [0.717, 1.165) is 49.7 Å². The molecule has 1 aliphatic carbocycles. The molecule has 194 valence electrons. The summed E-state index contributed by atoms with van der Waals surface area (Å²) in [5.74, 6) is 3.08. The first kappa shape index (κ1) is 24.0. The van der Waals surface area contributed by atoms with Gasteiger partial charge in [-0.3, -0.25) is 5.43 Å². The molecule has 2 aromatic heterocycles. The van der Waals surface area contributed by atoms with Crippen LogP contribution in [0, 0.1) is 5.92 Å². The van der Waals surface area contributed by atoms with Crippen molar-refractivity contribution in [3.05, 3.63) is 47.2 Å². The number of hydrogen-bond donors (Lipinski definition) is 3. The molecule has 4 heterocycles. The highest BCUT2D eigenvalue weighted by molar-refractivity contribution is 6.35. The second-order valence-electron chi connectivity index (χ2n) is 10.3. The number of nitrogens with one attached hydrogen (secondary N) is 3. The fourth-order valence-corrected chi connectivity index (χ4v) is 5.01. The van der Waals surface area contributed by atoms with Crippen LogP contribution in [0.15, 0.2) is 46.0 Å². The minimum absolute atomic E-state index is 0.396. The van der Waals surface area contributed by atoms with Crippen molar-refractivity contribution in [1.82, 2.24) is 25.5 Å². The molecule has 2 aliphatic heterocycles. The molecule has 1 unspecified atom stereocenters. The van der Waals surface area contributed by atoms with Gasteiger partial charge in [0.15, 0.2) is 17.4 Å². The van der Waals surface area contributed by atoms with Gasteiger partial charge >= 0.3 is 0 Å². The highest BCUT2D eigenvalue weighted by atomic mass is 35.5. The maximum absolute atomic E-state index is 6.93. The van der Waals surface area contributed by atoms with Crippen LogP contribution in [-0.4, -0.2) is 64.6 Å². The molecule has 37 heavy (non-hydrogen) atoms. The summed E-state index contributed by atoms with van der Waals surface area (Å²) in [5.41, 5.74) is 5.84. The van der Waals surface area contributed by atoms with E-state index >= 15 is 0 Å². The van der Waals surface area contributed by atoms with Crippen molar-refractivity contribution in [3.8, 4) is 11.3 Å². The Labute approximate surface area is 221 Å². The van der Waals surface area contributed by atoms with Crippen LogP contribution < -0.4 is 21.0 Å². The van der Waals surface area contributed by atoms with E-state index in [0.29, 0.717) is 35.0 Å². The summed E-state index contributed by atoms with van der Waals surface area (Å²) in [4.78, 5) is 14.1. The molecule has 1 saturated heterocycles. The van der Waals surface area contributed by atoms with Crippen LogP contribution in [-0.2, 0) is 6.54 Å². The first-order valence-electron chi connectivity index (χ1n) is 12.8. The second-order valence-corrected chi connectivity index (χ2v) is 10.7. The lowest BCUT2D eigenvalue weighted by Gasteiger charge is -2.34. The van der Waals surface area contributed by atoms with E-state index in [1.54, 1.807) is 0 Å². The smallest absolute Gasteiger partial charge is 0.227 e. The van der Waals surface area contributed by atoms with E-state index < -0.39 is 5.66 Å². The Morgan fingerprint density at radius 2 is 1.92 bits per heavy atom. The molecule has 0 amide bonds. The number of likely N-dealkylation sites (N-methyl/N-ethyl adjacent to an activating group) is 1. The molecule has 1 aromatic carbocycles. The monoisotopic (exact) mass is 521 g/mol. The summed E-state index contributed by atoms with van der Waals surface area (Å²) >= 11 is 6.93. The number of hydrogen-bond acceptors (Lipinski definition) is 10. The molecule has 3 N–H and O–H groups in total. The van der Waals surface area contributed by atoms with Gasteiger partial charge < -0.3 is 25.0 Å². The Morgan fingerprint density at radius 1 is 1.14 bits per heavy atom. The van der Waals surface area contributed by atoms with Crippen molar-refractivity contribution < 1.29 is 4.52 Å². The Balaban J connectivity index is 1.23. The number of nitrogens with zero attached hydrogens (tertiary/aromatic N) is 6. The van der Waals surface area contributed by atoms with Crippen LogP contribution in [0.3, 0.4) is 0 Å². The van der Waals surface area contributed by atoms with Crippen LogP contribution in [0.1, 0.15) is 31.9 Å². The van der Waals surface area contributed by atoms with Crippen molar-refractivity contribution in [2.45, 2.75) is 38.4 Å². The van der Waals surface area contributed by atoms with E-state index in [1.807, 2.05) is 36.4 Å². The zero-order chi connectivity index (χ0) is 25.4. The third-order valence-electron chi connectivity index (χ3n) is 7.11. The molecule has 6 rings (SSSR count). The fraction of sp³-hybridized carbons (Fsp3) is 0.462. The van der Waals surface area contributed by atoms with Gasteiger partial charge in [0.1, 0.15) is 16.4 Å². The number of aromatic nitrogens is 3. The van der Waals surface area contributed by atoms with Crippen LogP contribution in [0.4, 0.5) is 17.6 Å². The summed E-state index contributed by atoms with van der Waals surface area (Å²) in [7, 11) is 2.13. The largest absolute Gasteiger partial charge is 0.359 e. The van der Waals surface area contributed by atoms with Gasteiger partial charge in [0, 0.05) is 49.9 Å². The van der Waals surface area contributed by atoms with Gasteiger partial charge in [-0.25, -0.2) is 0 Å². The molecule has 0 radical (unpaired) electrons. The maximum atomic E-state index is 6.93. The molecular formula is C26H32ClN9O. The van der Waals surface area contributed by atoms with Crippen molar-refractivity contribution >= 4 is 34.9 Å². The standard InChI is InChI=1S/C26H32ClN9O/c1-26(15-21(32-34-26)18-8-9-18)31-23-22(27)24(36-12-10-35(2)11-13-36)30-25(29-23)28-16-19-14-20(33-37-19)17-6-4-3-5-7-17/h3-7,14,18,34H,8-13,15-16H2,1-2H3,(H2,28,29,30,31). The van der Waals surface area contributed by atoms with Crippen LogP contribution in [0.5, 0.6) is 0 Å². The van der Waals surface area contributed by atoms with Gasteiger partial charge in [-0.05, 0) is 32.7 Å². The molecule has 3 aromatic rings. The second kappa shape index (κ2) is 9.83. The Kier molecular flexibility index (Phi) is 6.37. The first-order chi connectivity index (χ1) is 18.0. The Hall–Kier alpha value is -3.37. The van der Waals surface area contributed by atoms with Gasteiger partial charge in [0.2, 0.25) is 5.95 Å². The van der Waals surface area contributed by atoms with Crippen LogP contribution in [0.25, 0.3) is 11.3 Å².